The van der Waals surface area contributed by atoms with Crippen molar-refractivity contribution in [3.05, 3.63) is 33.9 Å². The fourth-order valence-corrected chi connectivity index (χ4v) is 1.12. The fourth-order valence-electron chi connectivity index (χ4n) is 1.12. The SMILES string of the molecule is CON(C)C(=O)c1ccc([N+](=O)[O-])c(N)c1. The third kappa shape index (κ3) is 2.26. The zero-order chi connectivity index (χ0) is 12.3. The largest absolute Gasteiger partial charge is 0.393 e. The molecule has 0 unspecified atom stereocenters. The molecule has 0 saturated heterocycles. The van der Waals surface area contributed by atoms with E-state index in [-0.39, 0.29) is 16.9 Å². The normalized spacial score (nSPS) is 9.88. The summed E-state index contributed by atoms with van der Waals surface area (Å²) in [6.07, 6.45) is 0. The molecule has 0 fully saturated rings. The first-order valence-electron chi connectivity index (χ1n) is 4.33. The van der Waals surface area contributed by atoms with Gasteiger partial charge in [0.1, 0.15) is 5.69 Å². The van der Waals surface area contributed by atoms with E-state index in [1.165, 1.54) is 32.4 Å². The zero-order valence-electron chi connectivity index (χ0n) is 8.84. The van der Waals surface area contributed by atoms with Crippen LogP contribution in [0.25, 0.3) is 0 Å². The van der Waals surface area contributed by atoms with Crippen LogP contribution in [0.15, 0.2) is 18.2 Å². The van der Waals surface area contributed by atoms with E-state index >= 15 is 0 Å². The van der Waals surface area contributed by atoms with Gasteiger partial charge < -0.3 is 5.73 Å². The second-order valence-electron chi connectivity index (χ2n) is 3.02. The number of anilines is 1. The lowest BCUT2D eigenvalue weighted by Crippen LogP contribution is -2.25. The lowest BCUT2D eigenvalue weighted by molar-refractivity contribution is -0.383. The monoisotopic (exact) mass is 225 g/mol. The molecule has 0 atom stereocenters. The maximum absolute atomic E-state index is 11.6. The summed E-state index contributed by atoms with van der Waals surface area (Å²) in [6.45, 7) is 0. The molecule has 1 rings (SSSR count). The third-order valence-electron chi connectivity index (χ3n) is 2.03. The smallest absolute Gasteiger partial charge is 0.292 e. The van der Waals surface area contributed by atoms with Crippen LogP contribution in [0.4, 0.5) is 11.4 Å². The van der Waals surface area contributed by atoms with Gasteiger partial charge in [0, 0.05) is 18.7 Å². The van der Waals surface area contributed by atoms with E-state index in [1.54, 1.807) is 0 Å². The summed E-state index contributed by atoms with van der Waals surface area (Å²) in [5.74, 6) is -0.427. The van der Waals surface area contributed by atoms with Crippen LogP contribution in [0.1, 0.15) is 10.4 Å². The predicted octanol–water partition coefficient (Wildman–Crippen LogP) is 0.810. The minimum atomic E-state index is -0.608. The minimum Gasteiger partial charge on any atom is -0.393 e. The standard InChI is InChI=1S/C9H11N3O4/c1-11(16-2)9(13)6-3-4-8(12(14)15)7(10)5-6/h3-5H,10H2,1-2H3. The Morgan fingerprint density at radius 3 is 2.62 bits per heavy atom. The number of carbonyl (C=O) groups excluding carboxylic acids is 1. The molecular formula is C9H11N3O4. The van der Waals surface area contributed by atoms with Crippen molar-refractivity contribution in [3.8, 4) is 0 Å². The summed E-state index contributed by atoms with van der Waals surface area (Å²) < 4.78 is 0. The molecule has 86 valence electrons. The van der Waals surface area contributed by atoms with Gasteiger partial charge in [-0.05, 0) is 12.1 Å². The molecule has 1 amide bonds. The van der Waals surface area contributed by atoms with Gasteiger partial charge in [-0.2, -0.15) is 0 Å². The maximum atomic E-state index is 11.6. The Morgan fingerprint density at radius 1 is 1.56 bits per heavy atom. The highest BCUT2D eigenvalue weighted by Gasteiger charge is 2.16. The molecule has 0 radical (unpaired) electrons. The quantitative estimate of drug-likeness (QED) is 0.466. The van der Waals surface area contributed by atoms with Crippen LogP contribution < -0.4 is 5.73 Å². The van der Waals surface area contributed by atoms with Crippen molar-refractivity contribution in [1.82, 2.24) is 5.06 Å². The third-order valence-corrected chi connectivity index (χ3v) is 2.03. The van der Waals surface area contributed by atoms with Gasteiger partial charge in [0.15, 0.2) is 0 Å². The highest BCUT2D eigenvalue weighted by Crippen LogP contribution is 2.22. The van der Waals surface area contributed by atoms with Crippen molar-refractivity contribution in [2.75, 3.05) is 19.9 Å². The van der Waals surface area contributed by atoms with Crippen LogP contribution in [0, 0.1) is 10.1 Å². The number of benzene rings is 1. The highest BCUT2D eigenvalue weighted by molar-refractivity contribution is 5.94. The topological polar surface area (TPSA) is 98.7 Å². The zero-order valence-corrected chi connectivity index (χ0v) is 8.84. The molecule has 1 aromatic rings. The molecule has 16 heavy (non-hydrogen) atoms. The first-order valence-corrected chi connectivity index (χ1v) is 4.33. The molecule has 0 aliphatic heterocycles. The number of nitrogen functional groups attached to an aromatic ring is 1. The summed E-state index contributed by atoms with van der Waals surface area (Å²) in [5, 5.41) is 11.5. The van der Waals surface area contributed by atoms with Crippen LogP contribution in [0.3, 0.4) is 0 Å². The van der Waals surface area contributed by atoms with Gasteiger partial charge in [0.25, 0.3) is 11.6 Å². The van der Waals surface area contributed by atoms with E-state index in [0.717, 1.165) is 5.06 Å². The number of hydrogen-bond acceptors (Lipinski definition) is 5. The predicted molar refractivity (Wildman–Crippen MR) is 56.6 cm³/mol. The Bertz CT molecular complexity index is 433. The lowest BCUT2D eigenvalue weighted by Gasteiger charge is -2.13. The first-order chi connectivity index (χ1) is 7.47. The number of hydrogen-bond donors (Lipinski definition) is 1. The minimum absolute atomic E-state index is 0.0552. The number of nitrogens with zero attached hydrogens (tertiary/aromatic N) is 2. The number of amides is 1. The molecule has 0 saturated carbocycles. The second-order valence-corrected chi connectivity index (χ2v) is 3.02. The molecule has 0 bridgehead atoms. The van der Waals surface area contributed by atoms with Gasteiger partial charge in [-0.15, -0.1) is 0 Å². The van der Waals surface area contributed by atoms with Crippen molar-refractivity contribution in [1.29, 1.82) is 0 Å². The molecule has 0 heterocycles. The Hall–Kier alpha value is -2.15. The number of nitro benzene ring substituents is 1. The van der Waals surface area contributed by atoms with E-state index in [0.29, 0.717) is 0 Å². The summed E-state index contributed by atoms with van der Waals surface area (Å²) in [5.41, 5.74) is 5.40. The molecule has 7 heteroatoms. The maximum Gasteiger partial charge on any atom is 0.292 e. The van der Waals surface area contributed by atoms with Gasteiger partial charge in [-0.1, -0.05) is 0 Å². The van der Waals surface area contributed by atoms with Crippen LogP contribution in [-0.4, -0.2) is 30.1 Å². The van der Waals surface area contributed by atoms with E-state index in [4.69, 9.17) is 10.6 Å². The molecule has 1 aromatic carbocycles. The number of carbonyl (C=O) groups is 1. The Labute approximate surface area is 91.5 Å². The molecule has 2 N–H and O–H groups in total. The molecule has 0 aromatic heterocycles. The number of hydroxylamine groups is 2. The molecule has 0 aliphatic rings. The van der Waals surface area contributed by atoms with Crippen LogP contribution in [-0.2, 0) is 4.84 Å². The lowest BCUT2D eigenvalue weighted by atomic mass is 10.1. The van der Waals surface area contributed by atoms with Gasteiger partial charge in [0.05, 0.1) is 12.0 Å². The Balaban J connectivity index is 3.06. The highest BCUT2D eigenvalue weighted by atomic mass is 16.7. The number of rotatable bonds is 3. The van der Waals surface area contributed by atoms with Gasteiger partial charge in [-0.3, -0.25) is 19.7 Å². The average Bonchev–Trinajstić information content (AvgIpc) is 2.26. The molecule has 0 aliphatic carbocycles. The van der Waals surface area contributed by atoms with Crippen molar-refractivity contribution in [2.45, 2.75) is 0 Å². The molecule has 7 nitrogen and oxygen atoms in total. The van der Waals surface area contributed by atoms with E-state index in [2.05, 4.69) is 0 Å². The van der Waals surface area contributed by atoms with Gasteiger partial charge in [-0.25, -0.2) is 5.06 Å². The van der Waals surface area contributed by atoms with E-state index in [1.807, 2.05) is 0 Å². The summed E-state index contributed by atoms with van der Waals surface area (Å²) >= 11 is 0. The van der Waals surface area contributed by atoms with Crippen molar-refractivity contribution >= 4 is 17.3 Å². The van der Waals surface area contributed by atoms with Gasteiger partial charge >= 0.3 is 0 Å². The van der Waals surface area contributed by atoms with Crippen molar-refractivity contribution in [2.24, 2.45) is 0 Å². The summed E-state index contributed by atoms with van der Waals surface area (Å²) in [7, 11) is 2.77. The number of nitro groups is 1. The average molecular weight is 225 g/mol. The van der Waals surface area contributed by atoms with E-state index < -0.39 is 10.8 Å². The second kappa shape index (κ2) is 4.58. The summed E-state index contributed by atoms with van der Waals surface area (Å²) in [6, 6.07) is 3.76. The Morgan fingerprint density at radius 2 is 2.19 bits per heavy atom. The van der Waals surface area contributed by atoms with Gasteiger partial charge in [0.2, 0.25) is 0 Å². The fraction of sp³-hybridized carbons (Fsp3) is 0.222. The Kier molecular flexibility index (Phi) is 3.41. The first kappa shape index (κ1) is 11.9. The van der Waals surface area contributed by atoms with Crippen molar-refractivity contribution in [3.63, 3.8) is 0 Å². The van der Waals surface area contributed by atoms with Crippen LogP contribution >= 0.6 is 0 Å². The summed E-state index contributed by atoms with van der Waals surface area (Å²) in [4.78, 5) is 26.2. The number of nitrogens with two attached hydrogens (primary N) is 1. The molecule has 0 spiro atoms. The van der Waals surface area contributed by atoms with Crippen LogP contribution in [0.5, 0.6) is 0 Å². The van der Waals surface area contributed by atoms with E-state index in [9.17, 15) is 14.9 Å². The van der Waals surface area contributed by atoms with Crippen molar-refractivity contribution < 1.29 is 14.6 Å². The molecular weight excluding hydrogens is 214 g/mol. The van der Waals surface area contributed by atoms with Crippen LogP contribution in [0.2, 0.25) is 0 Å².